The Morgan fingerprint density at radius 2 is 1.70 bits per heavy atom. The van der Waals surface area contributed by atoms with E-state index in [1.54, 1.807) is 0 Å². The van der Waals surface area contributed by atoms with Crippen LogP contribution in [0.2, 0.25) is 0 Å². The zero-order valence-electron chi connectivity index (χ0n) is 13.6. The van der Waals surface area contributed by atoms with Gasteiger partial charge in [-0.25, -0.2) is 0 Å². The number of nitrogens with zero attached hydrogens (tertiary/aromatic N) is 1. The Hall–Kier alpha value is -0.940. The lowest BCUT2D eigenvalue weighted by molar-refractivity contribution is -0.351. The first-order valence-corrected chi connectivity index (χ1v) is 9.06. The van der Waals surface area contributed by atoms with Crippen molar-refractivity contribution in [1.29, 1.82) is 0 Å². The summed E-state index contributed by atoms with van der Waals surface area (Å²) in [7, 11) is 0. The van der Waals surface area contributed by atoms with E-state index >= 15 is 0 Å². The van der Waals surface area contributed by atoms with Gasteiger partial charge in [0.2, 0.25) is 0 Å². The largest absolute Gasteiger partial charge is 0.348 e. The molecule has 2 spiro atoms. The molecule has 3 atom stereocenters. The average molecular weight is 315 g/mol. The summed E-state index contributed by atoms with van der Waals surface area (Å²) >= 11 is 0. The van der Waals surface area contributed by atoms with Crippen molar-refractivity contribution >= 4 is 0 Å². The van der Waals surface area contributed by atoms with Gasteiger partial charge < -0.3 is 9.47 Å². The highest BCUT2D eigenvalue weighted by Crippen LogP contribution is 2.52. The number of hydrogen-bond donors (Lipinski definition) is 0. The van der Waals surface area contributed by atoms with E-state index in [4.69, 9.17) is 14.3 Å². The number of benzene rings is 1. The first-order chi connectivity index (χ1) is 11.3. The molecule has 23 heavy (non-hydrogen) atoms. The van der Waals surface area contributed by atoms with Crippen LogP contribution in [0.1, 0.15) is 50.2 Å². The molecule has 0 N–H and O–H groups in total. The van der Waals surface area contributed by atoms with Crippen molar-refractivity contribution in [2.45, 2.75) is 56.0 Å². The fraction of sp³-hybridized carbons (Fsp3) is 0.684. The summed E-state index contributed by atoms with van der Waals surface area (Å²) < 4.78 is 12.6. The van der Waals surface area contributed by atoms with Crippen molar-refractivity contribution in [3.63, 3.8) is 0 Å². The maximum atomic E-state index is 6.29. The van der Waals surface area contributed by atoms with Gasteiger partial charge in [0.25, 0.3) is 0 Å². The standard InChI is InChI=1S/C19H25NO3/c1-3-7-15(8-4-1)17-16-11-18(20(12-16)23-17)13-21-19(22-14-18)9-5-2-6-10-19/h1,3-4,7-8,16-17H,2,5-6,9-14H2/t16-,17+/m0/s1. The molecule has 0 amide bonds. The molecule has 1 unspecified atom stereocenters. The van der Waals surface area contributed by atoms with Crippen LogP contribution < -0.4 is 0 Å². The maximum Gasteiger partial charge on any atom is 0.168 e. The zero-order valence-corrected chi connectivity index (χ0v) is 13.6. The van der Waals surface area contributed by atoms with Crippen molar-refractivity contribution in [3.8, 4) is 0 Å². The Morgan fingerprint density at radius 1 is 0.957 bits per heavy atom. The van der Waals surface area contributed by atoms with E-state index in [1.165, 1.54) is 24.8 Å². The highest BCUT2D eigenvalue weighted by Gasteiger charge is 2.59. The van der Waals surface area contributed by atoms with Gasteiger partial charge >= 0.3 is 0 Å². The first kappa shape index (κ1) is 14.4. The van der Waals surface area contributed by atoms with Gasteiger partial charge in [-0.1, -0.05) is 36.8 Å². The summed E-state index contributed by atoms with van der Waals surface area (Å²) in [6.07, 6.45) is 7.20. The monoisotopic (exact) mass is 315 g/mol. The van der Waals surface area contributed by atoms with Crippen molar-refractivity contribution in [1.82, 2.24) is 5.06 Å². The third kappa shape index (κ3) is 2.27. The Bertz CT molecular complexity index is 559. The van der Waals surface area contributed by atoms with Crippen LogP contribution in [-0.4, -0.2) is 36.1 Å². The molecule has 4 nitrogen and oxygen atoms in total. The maximum absolute atomic E-state index is 6.29. The number of rotatable bonds is 1. The smallest absolute Gasteiger partial charge is 0.168 e. The third-order valence-electron chi connectivity index (χ3n) is 6.19. The van der Waals surface area contributed by atoms with Gasteiger partial charge in [0.1, 0.15) is 6.10 Å². The molecule has 2 bridgehead atoms. The molecule has 124 valence electrons. The number of hydroxylamine groups is 2. The highest BCUT2D eigenvalue weighted by atomic mass is 16.7. The number of ether oxygens (including phenoxy) is 2. The minimum atomic E-state index is -0.286. The quantitative estimate of drug-likeness (QED) is 0.794. The molecule has 3 saturated heterocycles. The van der Waals surface area contributed by atoms with Crippen molar-refractivity contribution in [2.75, 3.05) is 19.8 Å². The van der Waals surface area contributed by atoms with Crippen LogP contribution >= 0.6 is 0 Å². The van der Waals surface area contributed by atoms with Crippen molar-refractivity contribution in [2.24, 2.45) is 5.92 Å². The molecule has 1 aromatic rings. The number of hydrogen-bond acceptors (Lipinski definition) is 4. The van der Waals surface area contributed by atoms with Crippen LogP contribution in [0.25, 0.3) is 0 Å². The van der Waals surface area contributed by atoms with Gasteiger partial charge in [-0.15, -0.1) is 0 Å². The fourth-order valence-electron chi connectivity index (χ4n) is 4.87. The van der Waals surface area contributed by atoms with E-state index in [9.17, 15) is 0 Å². The van der Waals surface area contributed by atoms with Gasteiger partial charge in [-0.05, 0) is 24.8 Å². The molecular weight excluding hydrogens is 290 g/mol. The molecule has 3 heterocycles. The molecule has 4 heteroatoms. The lowest BCUT2D eigenvalue weighted by Gasteiger charge is -2.50. The lowest BCUT2D eigenvalue weighted by atomic mass is 9.85. The molecule has 4 fully saturated rings. The van der Waals surface area contributed by atoms with E-state index in [0.717, 1.165) is 39.0 Å². The summed E-state index contributed by atoms with van der Waals surface area (Å²) in [5.41, 5.74) is 1.23. The molecule has 1 saturated carbocycles. The fourth-order valence-corrected chi connectivity index (χ4v) is 4.87. The average Bonchev–Trinajstić information content (AvgIpc) is 3.18. The summed E-state index contributed by atoms with van der Waals surface area (Å²) in [6.45, 7) is 2.51. The first-order valence-electron chi connectivity index (χ1n) is 9.06. The molecule has 0 radical (unpaired) electrons. The highest BCUT2D eigenvalue weighted by molar-refractivity contribution is 5.21. The number of fused-ring (bicyclic) bond motifs is 3. The van der Waals surface area contributed by atoms with E-state index in [-0.39, 0.29) is 17.4 Å². The van der Waals surface area contributed by atoms with Crippen molar-refractivity contribution < 1.29 is 14.3 Å². The predicted molar refractivity (Wildman–Crippen MR) is 85.5 cm³/mol. The van der Waals surface area contributed by atoms with Gasteiger partial charge in [0, 0.05) is 25.3 Å². The summed E-state index contributed by atoms with van der Waals surface area (Å²) in [5, 5.41) is 2.17. The zero-order chi connectivity index (χ0) is 15.3. The van der Waals surface area contributed by atoms with E-state index < -0.39 is 0 Å². The second kappa shape index (κ2) is 5.28. The van der Waals surface area contributed by atoms with Gasteiger partial charge in [0.15, 0.2) is 5.79 Å². The Balaban J connectivity index is 1.29. The van der Waals surface area contributed by atoms with Gasteiger partial charge in [0.05, 0.1) is 18.8 Å². The van der Waals surface area contributed by atoms with E-state index in [0.29, 0.717) is 5.92 Å². The second-order valence-electron chi connectivity index (χ2n) is 7.74. The predicted octanol–water partition coefficient (Wildman–Crippen LogP) is 3.44. The molecular formula is C19H25NO3. The van der Waals surface area contributed by atoms with Crippen molar-refractivity contribution in [3.05, 3.63) is 35.9 Å². The van der Waals surface area contributed by atoms with Crippen LogP contribution in [0.3, 0.4) is 0 Å². The minimum Gasteiger partial charge on any atom is -0.348 e. The lowest BCUT2D eigenvalue weighted by Crippen LogP contribution is -2.60. The minimum absolute atomic E-state index is 0.0569. The van der Waals surface area contributed by atoms with Crippen LogP contribution in [0.15, 0.2) is 30.3 Å². The van der Waals surface area contributed by atoms with E-state index in [1.807, 2.05) is 0 Å². The third-order valence-corrected chi connectivity index (χ3v) is 6.19. The summed E-state index contributed by atoms with van der Waals surface area (Å²) in [6, 6.07) is 10.6. The summed E-state index contributed by atoms with van der Waals surface area (Å²) in [5.74, 6) is 0.260. The van der Waals surface area contributed by atoms with Gasteiger partial charge in [-0.3, -0.25) is 4.84 Å². The Labute approximate surface area is 137 Å². The SMILES string of the molecule is c1ccc([C@H]2ON3C[C@@H]2CC32COC3(CCCCC3)OC2)cc1. The topological polar surface area (TPSA) is 30.9 Å². The Kier molecular flexibility index (Phi) is 3.31. The molecule has 3 aliphatic heterocycles. The summed E-state index contributed by atoms with van der Waals surface area (Å²) in [4.78, 5) is 6.29. The van der Waals surface area contributed by atoms with Crippen LogP contribution in [-0.2, 0) is 14.3 Å². The Morgan fingerprint density at radius 3 is 2.35 bits per heavy atom. The molecule has 4 aliphatic rings. The molecule has 1 aromatic carbocycles. The van der Waals surface area contributed by atoms with Crippen LogP contribution in [0, 0.1) is 5.92 Å². The normalized spacial score (nSPS) is 37.5. The molecule has 5 rings (SSSR count). The van der Waals surface area contributed by atoms with Crippen LogP contribution in [0.5, 0.6) is 0 Å². The second-order valence-corrected chi connectivity index (χ2v) is 7.74. The van der Waals surface area contributed by atoms with Gasteiger partial charge in [-0.2, -0.15) is 5.06 Å². The van der Waals surface area contributed by atoms with Crippen LogP contribution in [0.4, 0.5) is 0 Å². The molecule has 0 aromatic heterocycles. The molecule has 1 aliphatic carbocycles. The van der Waals surface area contributed by atoms with E-state index in [2.05, 4.69) is 35.4 Å².